The van der Waals surface area contributed by atoms with Crippen molar-refractivity contribution >= 4 is 20.5 Å². The van der Waals surface area contributed by atoms with E-state index in [1.807, 2.05) is 0 Å². The second kappa shape index (κ2) is 1.88. The van der Waals surface area contributed by atoms with Gasteiger partial charge in [0.25, 0.3) is 10.0 Å². The molecular weight excluding hydrogens is 156 g/mol. The van der Waals surface area contributed by atoms with Crippen molar-refractivity contribution in [1.29, 1.82) is 0 Å². The summed E-state index contributed by atoms with van der Waals surface area (Å²) in [7, 11) is 0.0319. The van der Waals surface area contributed by atoms with Crippen LogP contribution in [0.25, 0.3) is 0 Å². The molecule has 2 saturated heterocycles. The van der Waals surface area contributed by atoms with Crippen LogP contribution in [0.1, 0.15) is 0 Å². The first-order valence-electron chi connectivity index (χ1n) is 2.80. The van der Waals surface area contributed by atoms with Crippen LogP contribution in [0.5, 0.6) is 0 Å². The van der Waals surface area contributed by atoms with Gasteiger partial charge in [0.1, 0.15) is 17.1 Å². The summed E-state index contributed by atoms with van der Waals surface area (Å²) in [6.45, 7) is 0.702. The summed E-state index contributed by atoms with van der Waals surface area (Å²) in [5, 5.41) is 0. The number of hydrogen-bond donors (Lipinski definition) is 0. The van der Waals surface area contributed by atoms with Crippen molar-refractivity contribution in [3.8, 4) is 0 Å². The largest absolute Gasteiger partial charge is 0.449 e. The van der Waals surface area contributed by atoms with E-state index in [9.17, 15) is 0 Å². The van der Waals surface area contributed by atoms with E-state index in [2.05, 4.69) is 0 Å². The first-order chi connectivity index (χ1) is 4.37. The molecule has 2 heterocycles. The third-order valence-electron chi connectivity index (χ3n) is 1.37. The van der Waals surface area contributed by atoms with Gasteiger partial charge in [-0.1, -0.05) is 0 Å². The normalized spacial score (nSPS) is 47.3. The van der Waals surface area contributed by atoms with Crippen LogP contribution in [-0.2, 0) is 18.0 Å². The number of ether oxygens (including phenoxy) is 2. The van der Waals surface area contributed by atoms with Crippen molar-refractivity contribution < 1.29 is 18.0 Å². The monoisotopic (exact) mass is 164 g/mol. The van der Waals surface area contributed by atoms with Crippen molar-refractivity contribution in [2.45, 2.75) is 12.1 Å². The van der Waals surface area contributed by atoms with Crippen LogP contribution >= 0.6 is 0 Å². The fourth-order valence-electron chi connectivity index (χ4n) is 0.713. The quantitative estimate of drug-likeness (QED) is 0.338. The summed E-state index contributed by atoms with van der Waals surface area (Å²) in [6.07, 6.45) is -0.0851. The molecular formula is C3H8O4Si2. The van der Waals surface area contributed by atoms with Gasteiger partial charge in [-0.3, -0.25) is 0 Å². The second-order valence-corrected chi connectivity index (χ2v) is 5.00. The van der Waals surface area contributed by atoms with E-state index in [-0.39, 0.29) is 12.1 Å². The molecule has 0 aromatic heterocycles. The highest BCUT2D eigenvalue weighted by Crippen LogP contribution is 2.49. The SMILES string of the molecule is [SiH3]O[SiH2]OC1OC12CO2. The maximum Gasteiger partial charge on any atom is 0.296 e. The Morgan fingerprint density at radius 3 is 3.00 bits per heavy atom. The summed E-state index contributed by atoms with van der Waals surface area (Å²) < 4.78 is 20.1. The van der Waals surface area contributed by atoms with Gasteiger partial charge in [-0.25, -0.2) is 0 Å². The molecule has 2 rings (SSSR count). The zero-order valence-electron chi connectivity index (χ0n) is 5.12. The zero-order chi connectivity index (χ0) is 6.32. The molecule has 0 aromatic rings. The Labute approximate surface area is 58.0 Å². The van der Waals surface area contributed by atoms with Gasteiger partial charge in [-0.05, 0) is 0 Å². The van der Waals surface area contributed by atoms with Crippen LogP contribution in [0.3, 0.4) is 0 Å². The molecule has 0 aromatic carbocycles. The third kappa shape index (κ3) is 0.975. The smallest absolute Gasteiger partial charge is 0.296 e. The maximum absolute atomic E-state index is 5.18. The molecule has 0 aliphatic carbocycles. The van der Waals surface area contributed by atoms with E-state index < -0.39 is 10.0 Å². The second-order valence-electron chi connectivity index (χ2n) is 2.12. The minimum absolute atomic E-state index is 0.0851. The van der Waals surface area contributed by atoms with Gasteiger partial charge in [0, 0.05) is 0 Å². The molecule has 6 heteroatoms. The van der Waals surface area contributed by atoms with Crippen molar-refractivity contribution in [2.75, 3.05) is 6.61 Å². The predicted molar refractivity (Wildman–Crippen MR) is 34.2 cm³/mol. The van der Waals surface area contributed by atoms with Gasteiger partial charge < -0.3 is 18.0 Å². The fourth-order valence-corrected chi connectivity index (χ4v) is 1.70. The minimum atomic E-state index is -0.735. The van der Waals surface area contributed by atoms with Crippen LogP contribution in [0, 0.1) is 0 Å². The lowest BCUT2D eigenvalue weighted by Crippen LogP contribution is -2.07. The van der Waals surface area contributed by atoms with Crippen LogP contribution in [-0.4, -0.2) is 39.2 Å². The van der Waals surface area contributed by atoms with E-state index in [0.29, 0.717) is 6.61 Å². The van der Waals surface area contributed by atoms with Crippen LogP contribution in [0.4, 0.5) is 0 Å². The molecule has 2 aliphatic heterocycles. The molecule has 52 valence electrons. The average Bonchev–Trinajstić information content (AvgIpc) is 2.72. The Balaban J connectivity index is 1.67. The topological polar surface area (TPSA) is 43.5 Å². The summed E-state index contributed by atoms with van der Waals surface area (Å²) in [6, 6.07) is 0. The Kier molecular flexibility index (Phi) is 1.25. The van der Waals surface area contributed by atoms with Gasteiger partial charge in [-0.15, -0.1) is 0 Å². The standard InChI is InChI=1S/C3H8O4Si2/c8-7-9-6-2-3(5-2)1-4-3/h2H,1,9H2,8H3. The molecule has 2 fully saturated rings. The minimum Gasteiger partial charge on any atom is -0.449 e. The molecule has 0 radical (unpaired) electrons. The van der Waals surface area contributed by atoms with Gasteiger partial charge in [0.15, 0.2) is 0 Å². The number of epoxide rings is 2. The highest BCUT2D eigenvalue weighted by molar-refractivity contribution is 6.27. The highest BCUT2D eigenvalue weighted by atomic mass is 28.3. The van der Waals surface area contributed by atoms with Gasteiger partial charge in [0.2, 0.25) is 12.1 Å². The van der Waals surface area contributed by atoms with E-state index >= 15 is 0 Å². The first kappa shape index (κ1) is 6.01. The molecule has 2 atom stereocenters. The summed E-state index contributed by atoms with van der Waals surface area (Å²) in [5.74, 6) is -0.285. The Morgan fingerprint density at radius 1 is 1.78 bits per heavy atom. The highest BCUT2D eigenvalue weighted by Gasteiger charge is 2.70. The lowest BCUT2D eigenvalue weighted by Gasteiger charge is -1.93. The molecule has 0 amide bonds. The molecule has 2 aliphatic rings. The molecule has 0 bridgehead atoms. The van der Waals surface area contributed by atoms with E-state index in [0.717, 1.165) is 10.5 Å². The molecule has 0 N–H and O–H groups in total. The molecule has 2 unspecified atom stereocenters. The van der Waals surface area contributed by atoms with E-state index in [1.54, 1.807) is 0 Å². The summed E-state index contributed by atoms with van der Waals surface area (Å²) in [5.41, 5.74) is 0. The molecule has 0 saturated carbocycles. The van der Waals surface area contributed by atoms with E-state index in [4.69, 9.17) is 18.0 Å². The van der Waals surface area contributed by atoms with Gasteiger partial charge in [-0.2, -0.15) is 0 Å². The average molecular weight is 164 g/mol. The predicted octanol–water partition coefficient (Wildman–Crippen LogP) is -2.62. The number of rotatable bonds is 3. The van der Waals surface area contributed by atoms with E-state index in [1.165, 1.54) is 0 Å². The molecule has 9 heavy (non-hydrogen) atoms. The Bertz CT molecular complexity index is 125. The molecule has 4 nitrogen and oxygen atoms in total. The zero-order valence-corrected chi connectivity index (χ0v) is 8.54. The number of hydrogen-bond acceptors (Lipinski definition) is 4. The van der Waals surface area contributed by atoms with Gasteiger partial charge >= 0.3 is 0 Å². The Hall–Kier alpha value is 0.274. The lowest BCUT2D eigenvalue weighted by molar-refractivity contribution is 0.166. The van der Waals surface area contributed by atoms with Crippen molar-refractivity contribution in [3.05, 3.63) is 0 Å². The van der Waals surface area contributed by atoms with Gasteiger partial charge in [0.05, 0.1) is 0 Å². The van der Waals surface area contributed by atoms with Crippen LogP contribution in [0.2, 0.25) is 0 Å². The van der Waals surface area contributed by atoms with Crippen molar-refractivity contribution in [3.63, 3.8) is 0 Å². The molecule has 1 spiro atoms. The lowest BCUT2D eigenvalue weighted by atomic mass is 10.5. The summed E-state index contributed by atoms with van der Waals surface area (Å²) in [4.78, 5) is 0. The summed E-state index contributed by atoms with van der Waals surface area (Å²) >= 11 is 0. The Morgan fingerprint density at radius 2 is 2.56 bits per heavy atom. The van der Waals surface area contributed by atoms with Crippen molar-refractivity contribution in [1.82, 2.24) is 0 Å². The van der Waals surface area contributed by atoms with Crippen LogP contribution in [0.15, 0.2) is 0 Å². The first-order valence-corrected chi connectivity index (χ1v) is 4.77. The third-order valence-corrected chi connectivity index (χ3v) is 2.76. The van der Waals surface area contributed by atoms with Crippen LogP contribution < -0.4 is 0 Å². The maximum atomic E-state index is 5.18. The fraction of sp³-hybridized carbons (Fsp3) is 1.00. The van der Waals surface area contributed by atoms with Crippen molar-refractivity contribution in [2.24, 2.45) is 0 Å².